The van der Waals surface area contributed by atoms with Gasteiger partial charge in [-0.2, -0.15) is 5.10 Å². The van der Waals surface area contributed by atoms with E-state index in [2.05, 4.69) is 49.0 Å². The van der Waals surface area contributed by atoms with Crippen LogP contribution in [0.25, 0.3) is 0 Å². The molecule has 33 heavy (non-hydrogen) atoms. The Morgan fingerprint density at radius 2 is 1.85 bits per heavy atom. The van der Waals surface area contributed by atoms with E-state index in [1.54, 1.807) is 24.7 Å². The largest absolute Gasteiger partial charge is 0.424 e. The molecule has 170 valence electrons. The number of aliphatic imine (C=N–C) groups is 1. The third-order valence-electron chi connectivity index (χ3n) is 5.61. The van der Waals surface area contributed by atoms with E-state index >= 15 is 0 Å². The molecular formula is C25H29N7O. The van der Waals surface area contributed by atoms with E-state index in [0.717, 1.165) is 49.5 Å². The lowest BCUT2D eigenvalue weighted by atomic mass is 10.1. The summed E-state index contributed by atoms with van der Waals surface area (Å²) in [6.45, 7) is 7.26. The number of likely N-dealkylation sites (N-methyl/N-ethyl adjacent to an activating group) is 1. The van der Waals surface area contributed by atoms with Crippen LogP contribution >= 0.6 is 0 Å². The van der Waals surface area contributed by atoms with Crippen LogP contribution in [0.15, 0.2) is 71.0 Å². The summed E-state index contributed by atoms with van der Waals surface area (Å²) in [5.74, 6) is 6.34. The van der Waals surface area contributed by atoms with Gasteiger partial charge in [0.2, 0.25) is 0 Å². The van der Waals surface area contributed by atoms with Gasteiger partial charge in [0, 0.05) is 50.7 Å². The summed E-state index contributed by atoms with van der Waals surface area (Å²) in [7, 11) is 2.17. The molecule has 0 bridgehead atoms. The first-order chi connectivity index (χ1) is 16.1. The summed E-state index contributed by atoms with van der Waals surface area (Å²) in [4.78, 5) is 17.7. The Bertz CT molecular complexity index is 1120. The summed E-state index contributed by atoms with van der Waals surface area (Å²) < 4.78 is 5.83. The van der Waals surface area contributed by atoms with Crippen LogP contribution in [0.4, 0.5) is 5.69 Å². The predicted octanol–water partition coefficient (Wildman–Crippen LogP) is 3.39. The Labute approximate surface area is 194 Å². The van der Waals surface area contributed by atoms with E-state index in [4.69, 9.17) is 10.6 Å². The second kappa shape index (κ2) is 10.8. The second-order valence-corrected chi connectivity index (χ2v) is 8.14. The lowest BCUT2D eigenvalue weighted by molar-refractivity contribution is 0.148. The number of aryl methyl sites for hydroxylation is 1. The maximum atomic E-state index is 5.83. The van der Waals surface area contributed by atoms with Gasteiger partial charge in [0.25, 0.3) is 0 Å². The predicted molar refractivity (Wildman–Crippen MR) is 131 cm³/mol. The van der Waals surface area contributed by atoms with Crippen LogP contribution in [0.1, 0.15) is 16.7 Å². The quantitative estimate of drug-likeness (QED) is 0.342. The van der Waals surface area contributed by atoms with Crippen LogP contribution in [-0.2, 0) is 6.54 Å². The van der Waals surface area contributed by atoms with Gasteiger partial charge in [0.15, 0.2) is 0 Å². The zero-order chi connectivity index (χ0) is 23.0. The number of ether oxygens (including phenoxy) is 1. The van der Waals surface area contributed by atoms with Crippen molar-refractivity contribution in [2.45, 2.75) is 13.5 Å². The highest BCUT2D eigenvalue weighted by Gasteiger charge is 2.14. The van der Waals surface area contributed by atoms with Gasteiger partial charge in [-0.05, 0) is 49.4 Å². The number of aromatic nitrogens is 2. The monoisotopic (exact) mass is 443 g/mol. The van der Waals surface area contributed by atoms with Crippen molar-refractivity contribution >= 4 is 17.6 Å². The van der Waals surface area contributed by atoms with Crippen molar-refractivity contribution in [3.8, 4) is 11.8 Å². The molecule has 0 saturated carbocycles. The number of nitrogens with zero attached hydrogens (tertiary/aromatic N) is 6. The van der Waals surface area contributed by atoms with Gasteiger partial charge in [0.1, 0.15) is 11.5 Å². The standard InChI is InChI=1S/C25H29N7O/c1-19-7-8-21(16-24(19)33-25-27-9-4-10-28-25)23(30-26)17-29-22-6-3-5-20(15-22)18-32-13-11-31(2)12-14-32/h3-10,15-17H,11-14,18,26H2,1-2H3/b29-17?,30-23+. The van der Waals surface area contributed by atoms with Crippen molar-refractivity contribution in [1.29, 1.82) is 0 Å². The zero-order valence-corrected chi connectivity index (χ0v) is 19.1. The SMILES string of the molecule is Cc1ccc(/C(C=Nc2cccc(CN3CCN(C)CC3)c2)=N/N)cc1Oc1ncccn1. The Balaban J connectivity index is 1.47. The van der Waals surface area contributed by atoms with Crippen LogP contribution < -0.4 is 10.6 Å². The Morgan fingerprint density at radius 3 is 2.61 bits per heavy atom. The summed E-state index contributed by atoms with van der Waals surface area (Å²) in [5.41, 5.74) is 4.42. The maximum absolute atomic E-state index is 5.83. The minimum Gasteiger partial charge on any atom is -0.424 e. The van der Waals surface area contributed by atoms with Gasteiger partial charge in [-0.15, -0.1) is 0 Å². The molecule has 0 amide bonds. The van der Waals surface area contributed by atoms with Crippen LogP contribution in [0.3, 0.4) is 0 Å². The van der Waals surface area contributed by atoms with Crippen molar-refractivity contribution in [3.05, 3.63) is 77.6 Å². The van der Waals surface area contributed by atoms with E-state index in [9.17, 15) is 0 Å². The first kappa shape index (κ1) is 22.6. The minimum atomic E-state index is 0.287. The fourth-order valence-electron chi connectivity index (χ4n) is 3.62. The highest BCUT2D eigenvalue weighted by molar-refractivity contribution is 6.38. The molecule has 1 saturated heterocycles. The van der Waals surface area contributed by atoms with Crippen LogP contribution in [0.2, 0.25) is 0 Å². The summed E-state index contributed by atoms with van der Waals surface area (Å²) in [5, 5.41) is 3.94. The molecule has 1 aliphatic rings. The molecule has 4 rings (SSSR count). The number of hydrogen-bond acceptors (Lipinski definition) is 8. The topological polar surface area (TPSA) is 92.2 Å². The molecule has 1 fully saturated rings. The molecule has 0 spiro atoms. The zero-order valence-electron chi connectivity index (χ0n) is 19.1. The molecular weight excluding hydrogens is 414 g/mol. The average molecular weight is 444 g/mol. The number of nitrogens with two attached hydrogens (primary N) is 1. The molecule has 0 atom stereocenters. The highest BCUT2D eigenvalue weighted by atomic mass is 16.5. The van der Waals surface area contributed by atoms with Gasteiger partial charge < -0.3 is 15.5 Å². The average Bonchev–Trinajstić information content (AvgIpc) is 2.84. The maximum Gasteiger partial charge on any atom is 0.321 e. The molecule has 0 unspecified atom stereocenters. The molecule has 2 heterocycles. The summed E-state index contributed by atoms with van der Waals surface area (Å²) in [6.07, 6.45) is 4.96. The van der Waals surface area contributed by atoms with E-state index in [0.29, 0.717) is 11.5 Å². The van der Waals surface area contributed by atoms with E-state index < -0.39 is 0 Å². The minimum absolute atomic E-state index is 0.287. The van der Waals surface area contributed by atoms with Crippen molar-refractivity contribution in [2.24, 2.45) is 15.9 Å². The summed E-state index contributed by atoms with van der Waals surface area (Å²) >= 11 is 0. The van der Waals surface area contributed by atoms with Crippen molar-refractivity contribution < 1.29 is 4.74 Å². The van der Waals surface area contributed by atoms with Gasteiger partial charge in [-0.1, -0.05) is 24.3 Å². The lowest BCUT2D eigenvalue weighted by Crippen LogP contribution is -2.43. The van der Waals surface area contributed by atoms with Crippen LogP contribution in [-0.4, -0.2) is 64.9 Å². The molecule has 0 radical (unpaired) electrons. The van der Waals surface area contributed by atoms with Crippen molar-refractivity contribution in [1.82, 2.24) is 19.8 Å². The molecule has 1 aliphatic heterocycles. The Morgan fingerprint density at radius 1 is 1.06 bits per heavy atom. The number of benzene rings is 2. The number of hydrogen-bond donors (Lipinski definition) is 1. The third kappa shape index (κ3) is 6.21. The van der Waals surface area contributed by atoms with Gasteiger partial charge in [-0.25, -0.2) is 9.97 Å². The Kier molecular flexibility index (Phi) is 7.39. The highest BCUT2D eigenvalue weighted by Crippen LogP contribution is 2.24. The fourth-order valence-corrected chi connectivity index (χ4v) is 3.62. The molecule has 2 N–H and O–H groups in total. The lowest BCUT2D eigenvalue weighted by Gasteiger charge is -2.32. The second-order valence-electron chi connectivity index (χ2n) is 8.14. The summed E-state index contributed by atoms with van der Waals surface area (Å²) in [6, 6.07) is 16.1. The molecule has 8 heteroatoms. The number of hydrazone groups is 1. The van der Waals surface area contributed by atoms with Crippen molar-refractivity contribution in [2.75, 3.05) is 33.2 Å². The first-order valence-electron chi connectivity index (χ1n) is 11.0. The van der Waals surface area contributed by atoms with Gasteiger partial charge in [-0.3, -0.25) is 9.89 Å². The van der Waals surface area contributed by atoms with Crippen molar-refractivity contribution in [3.63, 3.8) is 0 Å². The van der Waals surface area contributed by atoms with Crippen LogP contribution in [0, 0.1) is 6.92 Å². The van der Waals surface area contributed by atoms with Gasteiger partial charge >= 0.3 is 6.01 Å². The number of piperazine rings is 1. The fraction of sp³-hybridized carbons (Fsp3) is 0.280. The third-order valence-corrected chi connectivity index (χ3v) is 5.61. The molecule has 3 aromatic rings. The molecule has 1 aromatic heterocycles. The van der Waals surface area contributed by atoms with E-state index in [1.165, 1.54) is 5.56 Å². The molecule has 8 nitrogen and oxygen atoms in total. The van der Waals surface area contributed by atoms with Gasteiger partial charge in [0.05, 0.1) is 11.9 Å². The normalized spacial score (nSPS) is 15.8. The Hall–Kier alpha value is -3.62. The molecule has 2 aromatic carbocycles. The molecule has 0 aliphatic carbocycles. The first-order valence-corrected chi connectivity index (χ1v) is 11.0. The van der Waals surface area contributed by atoms with E-state index in [-0.39, 0.29) is 6.01 Å². The smallest absolute Gasteiger partial charge is 0.321 e. The van der Waals surface area contributed by atoms with E-state index in [1.807, 2.05) is 37.3 Å². The number of rotatable bonds is 7. The van der Waals surface area contributed by atoms with Crippen LogP contribution in [0.5, 0.6) is 11.8 Å².